The highest BCUT2D eigenvalue weighted by Gasteiger charge is 2.08. The maximum atomic E-state index is 11.8. The summed E-state index contributed by atoms with van der Waals surface area (Å²) in [5.74, 6) is -0.325. The molecule has 108 valence electrons. The number of anilines is 1. The van der Waals surface area contributed by atoms with E-state index in [1.807, 2.05) is 0 Å². The maximum Gasteiger partial charge on any atom is 0.270 e. The molecule has 21 heavy (non-hydrogen) atoms. The minimum absolute atomic E-state index is 0.0147. The molecular weight excluding hydrogens is 272 g/mol. The quantitative estimate of drug-likeness (QED) is 0.512. The molecule has 7 nitrogen and oxygen atoms in total. The lowest BCUT2D eigenvalue weighted by molar-refractivity contribution is -0.384. The highest BCUT2D eigenvalue weighted by atomic mass is 16.6. The molecule has 2 aromatic rings. The highest BCUT2D eigenvalue weighted by molar-refractivity contribution is 6.02. The smallest absolute Gasteiger partial charge is 0.270 e. The average Bonchev–Trinajstić information content (AvgIpc) is 2.77. The van der Waals surface area contributed by atoms with E-state index in [-0.39, 0.29) is 11.6 Å². The molecule has 7 heteroatoms. The SMILES string of the molecule is Cc1n[nH]c(C)c1NC(=O)/C=C/c1cccc([N+](=O)[O-])c1. The molecule has 1 amide bonds. The summed E-state index contributed by atoms with van der Waals surface area (Å²) in [5.41, 5.74) is 2.68. The van der Waals surface area contributed by atoms with Gasteiger partial charge in [0.25, 0.3) is 5.69 Å². The van der Waals surface area contributed by atoms with E-state index in [0.29, 0.717) is 16.9 Å². The van der Waals surface area contributed by atoms with E-state index in [0.717, 1.165) is 5.69 Å². The van der Waals surface area contributed by atoms with Gasteiger partial charge in [-0.2, -0.15) is 5.10 Å². The number of non-ortho nitro benzene ring substituents is 1. The van der Waals surface area contributed by atoms with Gasteiger partial charge in [-0.15, -0.1) is 0 Å². The van der Waals surface area contributed by atoms with Crippen molar-refractivity contribution in [3.63, 3.8) is 0 Å². The number of nitro benzene ring substituents is 1. The number of nitrogens with one attached hydrogen (secondary N) is 2. The van der Waals surface area contributed by atoms with Gasteiger partial charge in [-0.05, 0) is 25.5 Å². The molecular formula is C14H14N4O3. The third-order valence-electron chi connectivity index (χ3n) is 2.88. The van der Waals surface area contributed by atoms with Crippen molar-refractivity contribution in [2.24, 2.45) is 0 Å². The summed E-state index contributed by atoms with van der Waals surface area (Å²) >= 11 is 0. The number of carbonyl (C=O) groups excluding carboxylic acids is 1. The molecule has 0 saturated heterocycles. The van der Waals surface area contributed by atoms with Gasteiger partial charge in [-0.1, -0.05) is 12.1 Å². The van der Waals surface area contributed by atoms with Crippen LogP contribution in [0.15, 0.2) is 30.3 Å². The summed E-state index contributed by atoms with van der Waals surface area (Å²) in [6, 6.07) is 6.05. The zero-order chi connectivity index (χ0) is 15.4. The number of carbonyl (C=O) groups is 1. The lowest BCUT2D eigenvalue weighted by Crippen LogP contribution is -2.09. The monoisotopic (exact) mass is 286 g/mol. The van der Waals surface area contributed by atoms with Crippen LogP contribution >= 0.6 is 0 Å². The summed E-state index contributed by atoms with van der Waals surface area (Å²) in [5, 5.41) is 20.1. The average molecular weight is 286 g/mol. The number of hydrogen-bond donors (Lipinski definition) is 2. The van der Waals surface area contributed by atoms with Gasteiger partial charge >= 0.3 is 0 Å². The standard InChI is InChI=1S/C14H14N4O3/c1-9-14(10(2)17-16-9)15-13(19)7-6-11-4-3-5-12(8-11)18(20)21/h3-8H,1-2H3,(H,15,19)(H,16,17)/b7-6+. The van der Waals surface area contributed by atoms with Crippen molar-refractivity contribution in [3.05, 3.63) is 57.4 Å². The van der Waals surface area contributed by atoms with Crippen molar-refractivity contribution in [2.45, 2.75) is 13.8 Å². The molecule has 0 saturated carbocycles. The number of H-pyrrole nitrogens is 1. The number of benzene rings is 1. The van der Waals surface area contributed by atoms with Gasteiger partial charge in [-0.25, -0.2) is 0 Å². The Morgan fingerprint density at radius 1 is 1.43 bits per heavy atom. The molecule has 0 aliphatic rings. The molecule has 2 rings (SSSR count). The second-order valence-corrected chi connectivity index (χ2v) is 4.48. The number of amides is 1. The molecule has 0 unspecified atom stereocenters. The fraction of sp³-hybridized carbons (Fsp3) is 0.143. The lowest BCUT2D eigenvalue weighted by atomic mass is 10.2. The molecule has 0 atom stereocenters. The fourth-order valence-electron chi connectivity index (χ4n) is 1.81. The number of hydrogen-bond acceptors (Lipinski definition) is 4. The first-order chi connectivity index (χ1) is 9.97. The third kappa shape index (κ3) is 3.53. The van der Waals surface area contributed by atoms with Crippen LogP contribution in [0.5, 0.6) is 0 Å². The second kappa shape index (κ2) is 6.00. The molecule has 1 aromatic heterocycles. The van der Waals surface area contributed by atoms with Crippen LogP contribution < -0.4 is 5.32 Å². The molecule has 0 fully saturated rings. The molecule has 1 heterocycles. The largest absolute Gasteiger partial charge is 0.319 e. The van der Waals surface area contributed by atoms with Crippen molar-refractivity contribution in [3.8, 4) is 0 Å². The summed E-state index contributed by atoms with van der Waals surface area (Å²) in [7, 11) is 0. The van der Waals surface area contributed by atoms with E-state index in [2.05, 4.69) is 15.5 Å². The van der Waals surface area contributed by atoms with Crippen molar-refractivity contribution < 1.29 is 9.72 Å². The van der Waals surface area contributed by atoms with E-state index in [9.17, 15) is 14.9 Å². The number of nitro groups is 1. The summed E-state index contributed by atoms with van der Waals surface area (Å²) in [4.78, 5) is 22.0. The van der Waals surface area contributed by atoms with Crippen LogP contribution in [0.4, 0.5) is 11.4 Å². The minimum atomic E-state index is -0.477. The van der Waals surface area contributed by atoms with Gasteiger partial charge in [-0.3, -0.25) is 20.0 Å². The first-order valence-corrected chi connectivity index (χ1v) is 6.22. The Bertz CT molecular complexity index is 699. The first-order valence-electron chi connectivity index (χ1n) is 6.22. The van der Waals surface area contributed by atoms with Gasteiger partial charge in [0.05, 0.1) is 22.0 Å². The Morgan fingerprint density at radius 2 is 2.19 bits per heavy atom. The number of aryl methyl sites for hydroxylation is 2. The second-order valence-electron chi connectivity index (χ2n) is 4.48. The molecule has 0 aliphatic heterocycles. The van der Waals surface area contributed by atoms with Crippen LogP contribution in [0.3, 0.4) is 0 Å². The van der Waals surface area contributed by atoms with Crippen LogP contribution in [-0.4, -0.2) is 21.0 Å². The summed E-state index contributed by atoms with van der Waals surface area (Å²) < 4.78 is 0. The summed E-state index contributed by atoms with van der Waals surface area (Å²) in [6.07, 6.45) is 2.85. The van der Waals surface area contributed by atoms with Crippen LogP contribution in [0, 0.1) is 24.0 Å². The van der Waals surface area contributed by atoms with Crippen LogP contribution in [0.2, 0.25) is 0 Å². The van der Waals surface area contributed by atoms with Crippen molar-refractivity contribution in [1.82, 2.24) is 10.2 Å². The van der Waals surface area contributed by atoms with Gasteiger partial charge in [0, 0.05) is 18.2 Å². The Kier molecular flexibility index (Phi) is 4.13. The zero-order valence-corrected chi connectivity index (χ0v) is 11.6. The van der Waals surface area contributed by atoms with Crippen LogP contribution in [0.1, 0.15) is 17.0 Å². The topological polar surface area (TPSA) is 101 Å². The number of aromatic nitrogens is 2. The number of nitrogens with zero attached hydrogens (tertiary/aromatic N) is 2. The van der Waals surface area contributed by atoms with E-state index in [1.54, 1.807) is 26.0 Å². The maximum absolute atomic E-state index is 11.8. The van der Waals surface area contributed by atoms with Gasteiger partial charge < -0.3 is 5.32 Å². The van der Waals surface area contributed by atoms with E-state index in [4.69, 9.17) is 0 Å². The molecule has 0 aliphatic carbocycles. The molecule has 2 N–H and O–H groups in total. The Hall–Kier alpha value is -2.96. The lowest BCUT2D eigenvalue weighted by Gasteiger charge is -2.01. The Morgan fingerprint density at radius 3 is 2.81 bits per heavy atom. The first kappa shape index (κ1) is 14.4. The predicted molar refractivity (Wildman–Crippen MR) is 78.8 cm³/mol. The normalized spacial score (nSPS) is 10.8. The summed E-state index contributed by atoms with van der Waals surface area (Å²) in [6.45, 7) is 3.59. The number of rotatable bonds is 4. The number of aromatic amines is 1. The molecule has 0 radical (unpaired) electrons. The Balaban J connectivity index is 2.09. The van der Waals surface area contributed by atoms with Crippen LogP contribution in [0.25, 0.3) is 6.08 Å². The molecule has 1 aromatic carbocycles. The molecule has 0 bridgehead atoms. The van der Waals surface area contributed by atoms with E-state index in [1.165, 1.54) is 24.3 Å². The third-order valence-corrected chi connectivity index (χ3v) is 2.88. The van der Waals surface area contributed by atoms with Crippen molar-refractivity contribution in [1.29, 1.82) is 0 Å². The zero-order valence-electron chi connectivity index (χ0n) is 11.6. The van der Waals surface area contributed by atoms with Crippen LogP contribution in [-0.2, 0) is 4.79 Å². The Labute approximate surface area is 120 Å². The highest BCUT2D eigenvalue weighted by Crippen LogP contribution is 2.17. The minimum Gasteiger partial charge on any atom is -0.319 e. The van der Waals surface area contributed by atoms with E-state index >= 15 is 0 Å². The van der Waals surface area contributed by atoms with Crippen molar-refractivity contribution >= 4 is 23.4 Å². The van der Waals surface area contributed by atoms with Crippen molar-refractivity contribution in [2.75, 3.05) is 5.32 Å². The van der Waals surface area contributed by atoms with Gasteiger partial charge in [0.15, 0.2) is 0 Å². The predicted octanol–water partition coefficient (Wildman–Crippen LogP) is 2.59. The van der Waals surface area contributed by atoms with E-state index < -0.39 is 4.92 Å². The fourth-order valence-corrected chi connectivity index (χ4v) is 1.81. The molecule has 0 spiro atoms. The van der Waals surface area contributed by atoms with Gasteiger partial charge in [0.2, 0.25) is 5.91 Å². The van der Waals surface area contributed by atoms with Gasteiger partial charge in [0.1, 0.15) is 0 Å².